The summed E-state index contributed by atoms with van der Waals surface area (Å²) < 4.78 is 5.14. The molecule has 2 rings (SSSR count). The summed E-state index contributed by atoms with van der Waals surface area (Å²) in [7, 11) is 1.63. The summed E-state index contributed by atoms with van der Waals surface area (Å²) >= 11 is 0. The highest BCUT2D eigenvalue weighted by Crippen LogP contribution is 2.12. The van der Waals surface area contributed by atoms with Crippen LogP contribution in [0.1, 0.15) is 5.56 Å². The summed E-state index contributed by atoms with van der Waals surface area (Å²) in [5, 5.41) is 9.56. The van der Waals surface area contributed by atoms with Crippen molar-refractivity contribution in [2.24, 2.45) is 0 Å². The summed E-state index contributed by atoms with van der Waals surface area (Å²) in [6.07, 6.45) is 2.82. The molecule has 0 radical (unpaired) electrons. The lowest BCUT2D eigenvalue weighted by Gasteiger charge is -2.07. The van der Waals surface area contributed by atoms with Gasteiger partial charge in [-0.15, -0.1) is 0 Å². The molecule has 0 spiro atoms. The van der Waals surface area contributed by atoms with Gasteiger partial charge in [-0.05, 0) is 17.7 Å². The standard InChI is InChI=1S/C18H18N2O2/c1-22-18-9-7-16(8-10-18)20-17(12-15(19)13-21)11-14-5-3-2-4-6-14/h2-10,12-13,19-20H,11H2,1H3/p+1/b17-12-,19-15?. The average Bonchev–Trinajstić information content (AvgIpc) is 2.56. The van der Waals surface area contributed by atoms with E-state index in [1.54, 1.807) is 13.2 Å². The highest BCUT2D eigenvalue weighted by Gasteiger charge is 2.08. The molecule has 2 aromatic rings. The monoisotopic (exact) mass is 295 g/mol. The van der Waals surface area contributed by atoms with E-state index in [0.29, 0.717) is 12.7 Å². The van der Waals surface area contributed by atoms with Crippen LogP contribution in [-0.4, -0.2) is 19.1 Å². The molecule has 0 saturated carbocycles. The molecule has 112 valence electrons. The van der Waals surface area contributed by atoms with Crippen molar-refractivity contribution in [3.8, 4) is 5.75 Å². The van der Waals surface area contributed by atoms with Crippen LogP contribution in [0.15, 0.2) is 66.4 Å². The van der Waals surface area contributed by atoms with Crippen LogP contribution in [0.25, 0.3) is 0 Å². The number of nitrogens with one attached hydrogen (secondary N) is 1. The molecule has 0 unspecified atom stereocenters. The lowest BCUT2D eigenvalue weighted by molar-refractivity contribution is -0.519. The average molecular weight is 295 g/mol. The van der Waals surface area contributed by atoms with Crippen molar-refractivity contribution in [3.63, 3.8) is 0 Å². The lowest BCUT2D eigenvalue weighted by atomic mass is 10.1. The van der Waals surface area contributed by atoms with E-state index < -0.39 is 0 Å². The van der Waals surface area contributed by atoms with E-state index >= 15 is 0 Å². The molecule has 0 aliphatic rings. The van der Waals surface area contributed by atoms with Crippen LogP contribution in [0.4, 0.5) is 5.69 Å². The minimum atomic E-state index is -0.0318. The largest absolute Gasteiger partial charge is 0.497 e. The Labute approximate surface area is 129 Å². The number of quaternary nitrogens is 1. The Morgan fingerprint density at radius 3 is 2.41 bits per heavy atom. The lowest BCUT2D eigenvalue weighted by Crippen LogP contribution is -2.76. The van der Waals surface area contributed by atoms with Gasteiger partial charge < -0.3 is 4.74 Å². The van der Waals surface area contributed by atoms with E-state index in [1.165, 1.54) is 0 Å². The van der Waals surface area contributed by atoms with Gasteiger partial charge in [-0.3, -0.25) is 15.5 Å². The molecule has 0 bridgehead atoms. The summed E-state index contributed by atoms with van der Waals surface area (Å²) in [5.74, 6) is 0.798. The summed E-state index contributed by atoms with van der Waals surface area (Å²) in [6, 6.07) is 17.6. The van der Waals surface area contributed by atoms with Crippen molar-refractivity contribution in [1.82, 2.24) is 0 Å². The third kappa shape index (κ3) is 4.68. The Balaban J connectivity index is 2.18. The molecule has 3 N–H and O–H groups in total. The predicted molar refractivity (Wildman–Crippen MR) is 86.6 cm³/mol. The number of carbonyl (C=O) groups excluding carboxylic acids is 1. The van der Waals surface area contributed by atoms with Crippen molar-refractivity contribution in [1.29, 1.82) is 5.41 Å². The zero-order valence-corrected chi connectivity index (χ0v) is 12.5. The first-order chi connectivity index (χ1) is 10.7. The van der Waals surface area contributed by atoms with Gasteiger partial charge in [-0.2, -0.15) is 0 Å². The quantitative estimate of drug-likeness (QED) is 0.467. The van der Waals surface area contributed by atoms with E-state index in [2.05, 4.69) is 0 Å². The number of ether oxygens (including phenoxy) is 1. The van der Waals surface area contributed by atoms with E-state index in [1.807, 2.05) is 59.9 Å². The van der Waals surface area contributed by atoms with Crippen LogP contribution in [0.3, 0.4) is 0 Å². The zero-order valence-electron chi connectivity index (χ0n) is 12.5. The first-order valence-corrected chi connectivity index (χ1v) is 6.98. The summed E-state index contributed by atoms with van der Waals surface area (Å²) in [5.41, 5.74) is 3.02. The number of aldehydes is 1. The first-order valence-electron chi connectivity index (χ1n) is 6.98. The molecule has 0 heterocycles. The second kappa shape index (κ2) is 7.90. The number of methoxy groups -OCH3 is 1. The fraction of sp³-hybridized carbons (Fsp3) is 0.111. The highest BCUT2D eigenvalue weighted by molar-refractivity contribution is 6.32. The van der Waals surface area contributed by atoms with E-state index in [9.17, 15) is 4.79 Å². The fourth-order valence-electron chi connectivity index (χ4n) is 2.12. The molecule has 0 aromatic heterocycles. The minimum Gasteiger partial charge on any atom is -0.497 e. The minimum absolute atomic E-state index is 0.0318. The zero-order chi connectivity index (χ0) is 15.8. The summed E-state index contributed by atoms with van der Waals surface area (Å²) in [4.78, 5) is 10.7. The SMILES string of the molecule is COc1ccc([NH2+]/C(=C\C(=N)C=O)Cc2ccccc2)cc1. The maximum Gasteiger partial charge on any atom is 0.167 e. The molecule has 0 amide bonds. The number of allylic oxidation sites excluding steroid dienone is 2. The normalized spacial score (nSPS) is 11.0. The second-order valence-electron chi connectivity index (χ2n) is 4.87. The Bertz CT molecular complexity index is 661. The highest BCUT2D eigenvalue weighted by atomic mass is 16.5. The smallest absolute Gasteiger partial charge is 0.167 e. The van der Waals surface area contributed by atoms with Gasteiger partial charge in [0.2, 0.25) is 0 Å². The third-order valence-electron chi connectivity index (χ3n) is 3.19. The molecular formula is C18H19N2O2+. The first kappa shape index (κ1) is 15.7. The number of rotatable bonds is 7. The van der Waals surface area contributed by atoms with Crippen LogP contribution < -0.4 is 10.1 Å². The Morgan fingerprint density at radius 1 is 1.14 bits per heavy atom. The van der Waals surface area contributed by atoms with Gasteiger partial charge in [0, 0.05) is 24.6 Å². The van der Waals surface area contributed by atoms with Crippen molar-refractivity contribution in [2.75, 3.05) is 7.11 Å². The second-order valence-corrected chi connectivity index (χ2v) is 4.87. The molecule has 0 fully saturated rings. The molecule has 0 atom stereocenters. The number of nitrogens with two attached hydrogens (primary N) is 1. The van der Waals surface area contributed by atoms with Gasteiger partial charge in [0.25, 0.3) is 0 Å². The Morgan fingerprint density at radius 2 is 1.82 bits per heavy atom. The van der Waals surface area contributed by atoms with Crippen molar-refractivity contribution in [2.45, 2.75) is 6.42 Å². The number of benzene rings is 2. The van der Waals surface area contributed by atoms with Crippen molar-refractivity contribution < 1.29 is 14.8 Å². The molecule has 4 nitrogen and oxygen atoms in total. The summed E-state index contributed by atoms with van der Waals surface area (Å²) in [6.45, 7) is 0. The molecule has 0 aliphatic carbocycles. The van der Waals surface area contributed by atoms with Gasteiger partial charge in [-0.1, -0.05) is 30.3 Å². The fourth-order valence-corrected chi connectivity index (χ4v) is 2.12. The van der Waals surface area contributed by atoms with Gasteiger partial charge in [0.1, 0.15) is 17.1 Å². The number of hydrogen-bond donors (Lipinski definition) is 2. The maximum atomic E-state index is 10.7. The molecule has 22 heavy (non-hydrogen) atoms. The topological polar surface area (TPSA) is 66.8 Å². The Kier molecular flexibility index (Phi) is 5.63. The molecule has 2 aromatic carbocycles. The number of carbonyl (C=O) groups is 1. The van der Waals surface area contributed by atoms with Crippen molar-refractivity contribution >= 4 is 17.7 Å². The van der Waals surface area contributed by atoms with Crippen LogP contribution in [0.5, 0.6) is 5.75 Å². The van der Waals surface area contributed by atoms with E-state index in [-0.39, 0.29) is 5.71 Å². The Hall–Kier alpha value is -2.72. The van der Waals surface area contributed by atoms with Gasteiger partial charge in [-0.25, -0.2) is 0 Å². The predicted octanol–water partition coefficient (Wildman–Crippen LogP) is 2.24. The van der Waals surface area contributed by atoms with Gasteiger partial charge >= 0.3 is 0 Å². The third-order valence-corrected chi connectivity index (χ3v) is 3.19. The molecule has 0 saturated heterocycles. The van der Waals surface area contributed by atoms with Gasteiger partial charge in [0.05, 0.1) is 12.8 Å². The van der Waals surface area contributed by atoms with E-state index in [4.69, 9.17) is 10.1 Å². The van der Waals surface area contributed by atoms with Crippen molar-refractivity contribution in [3.05, 3.63) is 71.9 Å². The van der Waals surface area contributed by atoms with Crippen LogP contribution >= 0.6 is 0 Å². The molecule has 4 heteroatoms. The molecular weight excluding hydrogens is 276 g/mol. The molecule has 0 aliphatic heterocycles. The maximum absolute atomic E-state index is 10.7. The van der Waals surface area contributed by atoms with Crippen LogP contribution in [-0.2, 0) is 11.2 Å². The van der Waals surface area contributed by atoms with Crippen LogP contribution in [0, 0.1) is 5.41 Å². The van der Waals surface area contributed by atoms with Crippen LogP contribution in [0.2, 0.25) is 0 Å². The number of hydrogen-bond acceptors (Lipinski definition) is 3. The van der Waals surface area contributed by atoms with E-state index in [0.717, 1.165) is 22.7 Å². The van der Waals surface area contributed by atoms with Gasteiger partial charge in [0.15, 0.2) is 6.29 Å².